The van der Waals surface area contributed by atoms with Gasteiger partial charge in [0.2, 0.25) is 0 Å². The van der Waals surface area contributed by atoms with Crippen LogP contribution >= 0.6 is 0 Å². The summed E-state index contributed by atoms with van der Waals surface area (Å²) < 4.78 is 0. The maximum Gasteiger partial charge on any atom is 0.256 e. The monoisotopic (exact) mass is 281 g/mol. The lowest BCUT2D eigenvalue weighted by atomic mass is 10.0. The number of carbonyl (C=O) groups is 1. The van der Waals surface area contributed by atoms with Crippen LogP contribution in [0.5, 0.6) is 0 Å². The van der Waals surface area contributed by atoms with E-state index in [0.29, 0.717) is 5.57 Å². The van der Waals surface area contributed by atoms with Gasteiger partial charge in [-0.05, 0) is 44.5 Å². The number of anilines is 2. The highest BCUT2D eigenvalue weighted by molar-refractivity contribution is 6.34. The van der Waals surface area contributed by atoms with Crippen LogP contribution in [0, 0.1) is 20.8 Å². The molecular formula is C17H19N3O. The number of aromatic amines is 1. The standard InChI is InChI=1S/C17H19N3O/c1-9-5-6-14-12(7-9)13(17(21)20-14)8-15-10(2)16(18-4)11(3)19-15/h5-8,18-19H,1-4H3,(H,20,21)/b13-8-. The van der Waals surface area contributed by atoms with Gasteiger partial charge in [-0.1, -0.05) is 11.6 Å². The van der Waals surface area contributed by atoms with Crippen LogP contribution in [-0.4, -0.2) is 17.9 Å². The molecule has 0 saturated heterocycles. The van der Waals surface area contributed by atoms with E-state index in [1.165, 1.54) is 0 Å². The quantitative estimate of drug-likeness (QED) is 0.738. The minimum atomic E-state index is -0.0479. The van der Waals surface area contributed by atoms with Gasteiger partial charge in [0, 0.05) is 29.7 Å². The first-order chi connectivity index (χ1) is 10.0. The first-order valence-electron chi connectivity index (χ1n) is 7.02. The number of hydrogen-bond donors (Lipinski definition) is 3. The van der Waals surface area contributed by atoms with Crippen LogP contribution in [0.3, 0.4) is 0 Å². The van der Waals surface area contributed by atoms with Gasteiger partial charge in [0.1, 0.15) is 0 Å². The third-order valence-corrected chi connectivity index (χ3v) is 3.97. The van der Waals surface area contributed by atoms with E-state index in [2.05, 4.69) is 15.6 Å². The second kappa shape index (κ2) is 4.81. The lowest BCUT2D eigenvalue weighted by molar-refractivity contribution is -0.110. The molecule has 0 radical (unpaired) electrons. The van der Waals surface area contributed by atoms with Crippen molar-refractivity contribution in [2.75, 3.05) is 17.7 Å². The normalized spacial score (nSPS) is 15.2. The predicted molar refractivity (Wildman–Crippen MR) is 87.5 cm³/mol. The number of carbonyl (C=O) groups excluding carboxylic acids is 1. The Morgan fingerprint density at radius 3 is 2.62 bits per heavy atom. The van der Waals surface area contributed by atoms with E-state index in [-0.39, 0.29) is 5.91 Å². The van der Waals surface area contributed by atoms with Gasteiger partial charge in [-0.3, -0.25) is 4.79 Å². The fraction of sp³-hybridized carbons (Fsp3) is 0.235. The van der Waals surface area contributed by atoms with Crippen LogP contribution in [0.2, 0.25) is 0 Å². The van der Waals surface area contributed by atoms with Gasteiger partial charge in [-0.15, -0.1) is 0 Å². The van der Waals surface area contributed by atoms with Crippen molar-refractivity contribution >= 4 is 28.9 Å². The van der Waals surface area contributed by atoms with Crippen molar-refractivity contribution in [1.82, 2.24) is 4.98 Å². The van der Waals surface area contributed by atoms with E-state index >= 15 is 0 Å². The molecule has 4 heteroatoms. The fourth-order valence-corrected chi connectivity index (χ4v) is 2.88. The van der Waals surface area contributed by atoms with Crippen LogP contribution in [-0.2, 0) is 4.79 Å². The van der Waals surface area contributed by atoms with Gasteiger partial charge in [-0.25, -0.2) is 0 Å². The molecule has 108 valence electrons. The highest BCUT2D eigenvalue weighted by atomic mass is 16.2. The Balaban J connectivity index is 2.13. The van der Waals surface area contributed by atoms with Crippen LogP contribution in [0.15, 0.2) is 18.2 Å². The highest BCUT2D eigenvalue weighted by Gasteiger charge is 2.24. The number of H-pyrrole nitrogens is 1. The molecule has 0 atom stereocenters. The number of benzene rings is 1. The predicted octanol–water partition coefficient (Wildman–Crippen LogP) is 3.47. The maximum absolute atomic E-state index is 12.2. The van der Waals surface area contributed by atoms with E-state index in [9.17, 15) is 4.79 Å². The van der Waals surface area contributed by atoms with Crippen molar-refractivity contribution in [3.8, 4) is 0 Å². The number of hydrogen-bond acceptors (Lipinski definition) is 2. The molecule has 1 aromatic carbocycles. The third kappa shape index (κ3) is 2.13. The van der Waals surface area contributed by atoms with E-state index < -0.39 is 0 Å². The molecule has 0 fully saturated rings. The summed E-state index contributed by atoms with van der Waals surface area (Å²) in [5, 5.41) is 6.10. The summed E-state index contributed by atoms with van der Waals surface area (Å²) in [6.07, 6.45) is 1.93. The van der Waals surface area contributed by atoms with E-state index in [4.69, 9.17) is 0 Å². The number of rotatable bonds is 2. The average Bonchev–Trinajstić information content (AvgIpc) is 2.88. The maximum atomic E-state index is 12.2. The Bertz CT molecular complexity index is 769. The van der Waals surface area contributed by atoms with Gasteiger partial charge in [0.15, 0.2) is 0 Å². The molecule has 0 unspecified atom stereocenters. The lowest BCUT2D eigenvalue weighted by Crippen LogP contribution is -2.03. The summed E-state index contributed by atoms with van der Waals surface area (Å²) in [7, 11) is 1.90. The number of nitrogens with one attached hydrogen (secondary N) is 3. The SMILES string of the molecule is CNc1c(C)[nH]c(/C=C2\C(=O)Nc3ccc(C)cc32)c1C. The Kier molecular flexibility index (Phi) is 3.09. The minimum Gasteiger partial charge on any atom is -0.386 e. The summed E-state index contributed by atoms with van der Waals surface area (Å²) in [6, 6.07) is 6.00. The molecule has 2 aromatic rings. The van der Waals surface area contributed by atoms with E-state index in [0.717, 1.165) is 39.5 Å². The summed E-state index contributed by atoms with van der Waals surface area (Å²) in [5.74, 6) is -0.0479. The summed E-state index contributed by atoms with van der Waals surface area (Å²) in [5.41, 5.74) is 7.96. The van der Waals surface area contributed by atoms with Gasteiger partial charge in [0.05, 0.1) is 11.3 Å². The number of aromatic nitrogens is 1. The topological polar surface area (TPSA) is 56.9 Å². The third-order valence-electron chi connectivity index (χ3n) is 3.97. The molecule has 3 N–H and O–H groups in total. The second-order valence-electron chi connectivity index (χ2n) is 5.47. The number of aryl methyl sites for hydroxylation is 2. The van der Waals surface area contributed by atoms with Gasteiger partial charge >= 0.3 is 0 Å². The van der Waals surface area contributed by atoms with Crippen LogP contribution < -0.4 is 10.6 Å². The summed E-state index contributed by atoms with van der Waals surface area (Å²) >= 11 is 0. The molecule has 3 rings (SSSR count). The van der Waals surface area contributed by atoms with E-state index in [1.54, 1.807) is 0 Å². The second-order valence-corrected chi connectivity index (χ2v) is 5.47. The Labute approximate surface area is 124 Å². The molecule has 0 spiro atoms. The Morgan fingerprint density at radius 2 is 1.95 bits per heavy atom. The molecule has 1 aliphatic rings. The average molecular weight is 281 g/mol. The highest BCUT2D eigenvalue weighted by Crippen LogP contribution is 2.35. The zero-order chi connectivity index (χ0) is 15.1. The smallest absolute Gasteiger partial charge is 0.256 e. The van der Waals surface area contributed by atoms with Crippen molar-refractivity contribution in [1.29, 1.82) is 0 Å². The molecule has 4 nitrogen and oxygen atoms in total. The molecular weight excluding hydrogens is 262 g/mol. The zero-order valence-electron chi connectivity index (χ0n) is 12.7. The molecule has 0 aliphatic carbocycles. The van der Waals surface area contributed by atoms with Crippen LogP contribution in [0.4, 0.5) is 11.4 Å². The number of amides is 1. The summed E-state index contributed by atoms with van der Waals surface area (Å²) in [4.78, 5) is 15.5. The minimum absolute atomic E-state index is 0.0479. The molecule has 1 aromatic heterocycles. The molecule has 1 aliphatic heterocycles. The van der Waals surface area contributed by atoms with Crippen LogP contribution in [0.1, 0.15) is 28.1 Å². The number of fused-ring (bicyclic) bond motifs is 1. The van der Waals surface area contributed by atoms with Crippen LogP contribution in [0.25, 0.3) is 11.6 Å². The van der Waals surface area contributed by atoms with Crippen molar-refractivity contribution < 1.29 is 4.79 Å². The molecule has 0 saturated carbocycles. The molecule has 1 amide bonds. The van der Waals surface area contributed by atoms with Gasteiger partial charge in [0.25, 0.3) is 5.91 Å². The first kappa shape index (κ1) is 13.5. The van der Waals surface area contributed by atoms with Gasteiger partial charge in [-0.2, -0.15) is 0 Å². The molecule has 0 bridgehead atoms. The van der Waals surface area contributed by atoms with Crippen molar-refractivity contribution in [3.05, 3.63) is 46.3 Å². The van der Waals surface area contributed by atoms with Gasteiger partial charge < -0.3 is 15.6 Å². The largest absolute Gasteiger partial charge is 0.386 e. The van der Waals surface area contributed by atoms with Crippen molar-refractivity contribution in [3.63, 3.8) is 0 Å². The Hall–Kier alpha value is -2.49. The lowest BCUT2D eigenvalue weighted by Gasteiger charge is -2.01. The first-order valence-corrected chi connectivity index (χ1v) is 7.02. The van der Waals surface area contributed by atoms with Crippen molar-refractivity contribution in [2.45, 2.75) is 20.8 Å². The fourth-order valence-electron chi connectivity index (χ4n) is 2.88. The Morgan fingerprint density at radius 1 is 1.19 bits per heavy atom. The molecule has 2 heterocycles. The summed E-state index contributed by atoms with van der Waals surface area (Å²) in [6.45, 7) is 6.10. The van der Waals surface area contributed by atoms with E-state index in [1.807, 2.05) is 52.1 Å². The van der Waals surface area contributed by atoms with Crippen molar-refractivity contribution in [2.24, 2.45) is 0 Å². The zero-order valence-corrected chi connectivity index (χ0v) is 12.7. The molecule has 21 heavy (non-hydrogen) atoms.